The van der Waals surface area contributed by atoms with E-state index in [9.17, 15) is 35.9 Å². The number of carboxylic acids is 2. The van der Waals surface area contributed by atoms with E-state index in [0.717, 1.165) is 33.5 Å². The number of ether oxygens (including phenoxy) is 1. The lowest BCUT2D eigenvalue weighted by atomic mass is 9.98. The predicted molar refractivity (Wildman–Crippen MR) is 139 cm³/mol. The number of benzene rings is 2. The van der Waals surface area contributed by atoms with Crippen LogP contribution in [0.5, 0.6) is 5.75 Å². The number of nitrogens with zero attached hydrogens (tertiary/aromatic N) is 2. The SMILES string of the molecule is Cc1cc(COc2ccc(C3CCN(CC(=O)NO)C3=O)cc2)c2ccccc2n1.O=C(O)C(F)(F)F.O=C(O)C(F)(F)F. The van der Waals surface area contributed by atoms with Gasteiger partial charge in [-0.25, -0.2) is 15.1 Å². The number of alkyl halides is 6. The average Bonchev–Trinajstić information content (AvgIpc) is 3.30. The van der Waals surface area contributed by atoms with Crippen molar-refractivity contribution in [2.45, 2.75) is 38.2 Å². The monoisotopic (exact) mass is 633 g/mol. The average molecular weight is 633 g/mol. The summed E-state index contributed by atoms with van der Waals surface area (Å²) < 4.78 is 69.5. The van der Waals surface area contributed by atoms with Crippen molar-refractivity contribution in [3.8, 4) is 5.75 Å². The molecule has 0 saturated carbocycles. The third kappa shape index (κ3) is 10.4. The molecular weight excluding hydrogens is 608 g/mol. The van der Waals surface area contributed by atoms with E-state index in [4.69, 9.17) is 29.7 Å². The van der Waals surface area contributed by atoms with Gasteiger partial charge in [0.05, 0.1) is 11.4 Å². The van der Waals surface area contributed by atoms with Crippen molar-refractivity contribution in [1.29, 1.82) is 0 Å². The summed E-state index contributed by atoms with van der Waals surface area (Å²) in [4.78, 5) is 47.7. The quantitative estimate of drug-likeness (QED) is 0.177. The topological polar surface area (TPSA) is 166 Å². The lowest BCUT2D eigenvalue weighted by Gasteiger charge is -2.15. The van der Waals surface area contributed by atoms with Gasteiger partial charge in [-0.1, -0.05) is 30.3 Å². The van der Waals surface area contributed by atoms with Gasteiger partial charge in [0.1, 0.15) is 18.9 Å². The summed E-state index contributed by atoms with van der Waals surface area (Å²) in [6, 6.07) is 17.5. The molecule has 44 heavy (non-hydrogen) atoms. The van der Waals surface area contributed by atoms with Crippen molar-refractivity contribution in [3.05, 3.63) is 71.4 Å². The molecule has 0 spiro atoms. The number of halogens is 6. The molecule has 1 atom stereocenters. The van der Waals surface area contributed by atoms with Crippen LogP contribution in [0.15, 0.2) is 54.6 Å². The van der Waals surface area contributed by atoms with E-state index < -0.39 is 30.2 Å². The van der Waals surface area contributed by atoms with Crippen LogP contribution in [-0.2, 0) is 25.8 Å². The van der Waals surface area contributed by atoms with Crippen LogP contribution >= 0.6 is 0 Å². The zero-order valence-electron chi connectivity index (χ0n) is 22.6. The maximum Gasteiger partial charge on any atom is 0.490 e. The van der Waals surface area contributed by atoms with Crippen LogP contribution in [0.3, 0.4) is 0 Å². The molecule has 1 aliphatic heterocycles. The van der Waals surface area contributed by atoms with Crippen molar-refractivity contribution < 1.29 is 65.7 Å². The van der Waals surface area contributed by atoms with E-state index in [-0.39, 0.29) is 18.4 Å². The minimum absolute atomic E-state index is 0.106. The Morgan fingerprint density at radius 3 is 2.05 bits per heavy atom. The number of fused-ring (bicyclic) bond motifs is 1. The van der Waals surface area contributed by atoms with Crippen LogP contribution in [0, 0.1) is 6.92 Å². The van der Waals surface area contributed by atoms with Crippen LogP contribution < -0.4 is 10.2 Å². The van der Waals surface area contributed by atoms with Gasteiger partial charge >= 0.3 is 24.3 Å². The second-order valence-corrected chi connectivity index (χ2v) is 9.04. The molecule has 11 nitrogen and oxygen atoms in total. The molecule has 0 aliphatic carbocycles. The van der Waals surface area contributed by atoms with E-state index in [1.807, 2.05) is 61.5 Å². The first-order valence-corrected chi connectivity index (χ1v) is 12.3. The van der Waals surface area contributed by atoms with Crippen molar-refractivity contribution >= 4 is 34.7 Å². The number of carbonyl (C=O) groups is 4. The summed E-state index contributed by atoms with van der Waals surface area (Å²) >= 11 is 0. The minimum atomic E-state index is -5.08. The van der Waals surface area contributed by atoms with Gasteiger partial charge in [0.25, 0.3) is 5.91 Å². The van der Waals surface area contributed by atoms with E-state index in [1.165, 1.54) is 4.90 Å². The second kappa shape index (κ2) is 15.0. The van der Waals surface area contributed by atoms with Gasteiger partial charge in [-0.05, 0) is 43.2 Å². The Balaban J connectivity index is 0.000000402. The Hall–Kier alpha value is -4.93. The number of carbonyl (C=O) groups excluding carboxylic acids is 2. The fourth-order valence-electron chi connectivity index (χ4n) is 3.89. The summed E-state index contributed by atoms with van der Waals surface area (Å²) in [7, 11) is 0. The number of hydrogen-bond donors (Lipinski definition) is 4. The maximum atomic E-state index is 12.5. The fourth-order valence-corrected chi connectivity index (χ4v) is 3.89. The third-order valence-electron chi connectivity index (χ3n) is 5.85. The molecule has 1 fully saturated rings. The van der Waals surface area contributed by atoms with Crippen LogP contribution in [-0.4, -0.2) is 74.5 Å². The summed E-state index contributed by atoms with van der Waals surface area (Å²) in [5.74, 6) is -5.77. The van der Waals surface area contributed by atoms with Gasteiger partial charge in [-0.2, -0.15) is 26.3 Å². The van der Waals surface area contributed by atoms with Gasteiger partial charge in [-0.15, -0.1) is 0 Å². The molecule has 0 radical (unpaired) electrons. The van der Waals surface area contributed by atoms with Gasteiger partial charge in [0.15, 0.2) is 0 Å². The molecule has 1 aromatic heterocycles. The molecule has 2 aromatic carbocycles. The molecule has 238 valence electrons. The molecule has 1 aliphatic rings. The number of likely N-dealkylation sites (tertiary alicyclic amines) is 1. The molecule has 0 bridgehead atoms. The number of aryl methyl sites for hydroxylation is 1. The minimum Gasteiger partial charge on any atom is -0.489 e. The van der Waals surface area contributed by atoms with Crippen molar-refractivity contribution in [2.75, 3.05) is 13.1 Å². The molecule has 4 rings (SSSR count). The van der Waals surface area contributed by atoms with E-state index >= 15 is 0 Å². The molecule has 4 N–H and O–H groups in total. The highest BCUT2D eigenvalue weighted by atomic mass is 19.4. The Morgan fingerprint density at radius 1 is 0.977 bits per heavy atom. The van der Waals surface area contributed by atoms with E-state index in [2.05, 4.69) is 4.98 Å². The Morgan fingerprint density at radius 2 is 1.52 bits per heavy atom. The second-order valence-electron chi connectivity index (χ2n) is 9.04. The summed E-state index contributed by atoms with van der Waals surface area (Å²) in [6.07, 6.45) is -9.53. The summed E-state index contributed by atoms with van der Waals surface area (Å²) in [5, 5.41) is 24.0. The molecule has 2 amide bonds. The summed E-state index contributed by atoms with van der Waals surface area (Å²) in [5.41, 5.74) is 5.43. The highest BCUT2D eigenvalue weighted by Crippen LogP contribution is 2.30. The van der Waals surface area contributed by atoms with Crippen LogP contribution in [0.1, 0.15) is 29.2 Å². The normalized spacial score (nSPS) is 14.6. The number of aromatic nitrogens is 1. The lowest BCUT2D eigenvalue weighted by Crippen LogP contribution is -2.37. The highest BCUT2D eigenvalue weighted by Gasteiger charge is 2.39. The van der Waals surface area contributed by atoms with Crippen molar-refractivity contribution in [2.24, 2.45) is 0 Å². The zero-order chi connectivity index (χ0) is 33.2. The maximum absolute atomic E-state index is 12.5. The van der Waals surface area contributed by atoms with Crippen molar-refractivity contribution in [1.82, 2.24) is 15.4 Å². The van der Waals surface area contributed by atoms with E-state index in [0.29, 0.717) is 19.6 Å². The molecule has 3 aromatic rings. The lowest BCUT2D eigenvalue weighted by molar-refractivity contribution is -0.193. The largest absolute Gasteiger partial charge is 0.490 e. The molecule has 17 heteroatoms. The first-order valence-electron chi connectivity index (χ1n) is 12.3. The highest BCUT2D eigenvalue weighted by molar-refractivity contribution is 5.90. The standard InChI is InChI=1S/C23H23N3O4.2C2HF3O2/c1-15-12-17(19-4-2-3-5-21(19)24-15)14-30-18-8-6-16(7-9-18)20-10-11-26(23(20)28)13-22(27)25-29;2*3-2(4,5)1(6)7/h2-9,12,20,29H,10-11,13-14H2,1H3,(H,25,27);2*(H,6,7). The van der Waals surface area contributed by atoms with Gasteiger partial charge < -0.3 is 19.8 Å². The number of amides is 2. The Labute approximate surface area is 244 Å². The number of aliphatic carboxylic acids is 2. The molecule has 1 saturated heterocycles. The van der Waals surface area contributed by atoms with Gasteiger partial charge in [0, 0.05) is 23.2 Å². The van der Waals surface area contributed by atoms with Crippen molar-refractivity contribution in [3.63, 3.8) is 0 Å². The number of rotatable bonds is 6. The fraction of sp³-hybridized carbons (Fsp3) is 0.296. The smallest absolute Gasteiger partial charge is 0.489 e. The van der Waals surface area contributed by atoms with Gasteiger partial charge in [0.2, 0.25) is 5.91 Å². The predicted octanol–water partition coefficient (Wildman–Crippen LogP) is 4.21. The number of nitrogens with one attached hydrogen (secondary N) is 1. The Bertz CT molecular complexity index is 1460. The molecule has 1 unspecified atom stereocenters. The molecule has 2 heterocycles. The number of hydroxylamine groups is 1. The zero-order valence-corrected chi connectivity index (χ0v) is 22.6. The molecular formula is C27H25F6N3O8. The van der Waals surface area contributed by atoms with Crippen LogP contribution in [0.25, 0.3) is 10.9 Å². The van der Waals surface area contributed by atoms with Crippen LogP contribution in [0.2, 0.25) is 0 Å². The summed E-state index contributed by atoms with van der Waals surface area (Å²) in [6.45, 7) is 2.75. The van der Waals surface area contributed by atoms with Gasteiger partial charge in [-0.3, -0.25) is 19.8 Å². The third-order valence-corrected chi connectivity index (χ3v) is 5.85. The number of pyridine rings is 1. The number of para-hydroxylation sites is 1. The van der Waals surface area contributed by atoms with E-state index in [1.54, 1.807) is 5.48 Å². The number of hydrogen-bond acceptors (Lipinski definition) is 7. The first-order chi connectivity index (χ1) is 20.4. The Kier molecular flexibility index (Phi) is 12.0. The van der Waals surface area contributed by atoms with Crippen LogP contribution in [0.4, 0.5) is 26.3 Å². The first kappa shape index (κ1) is 35.3. The number of carboxylic acid groups (broad SMARTS) is 2.